The number of nitrogens with one attached hydrogen (secondary N) is 1. The zero-order valence-electron chi connectivity index (χ0n) is 10.2. The van der Waals surface area contributed by atoms with Gasteiger partial charge >= 0.3 is 6.03 Å². The van der Waals surface area contributed by atoms with Crippen molar-refractivity contribution < 1.29 is 9.59 Å². The van der Waals surface area contributed by atoms with Gasteiger partial charge in [-0.05, 0) is 29.8 Å². The van der Waals surface area contributed by atoms with Gasteiger partial charge in [0.15, 0.2) is 0 Å². The van der Waals surface area contributed by atoms with Crippen LogP contribution in [0.2, 0.25) is 10.0 Å². The SMILES string of the molecule is NC(=O)NC(=O)c1cccc(Cl)c1-c1ccc(Cl)cc1. The lowest BCUT2D eigenvalue weighted by molar-refractivity contribution is 0.0967. The molecule has 0 saturated carbocycles. The van der Waals surface area contributed by atoms with Crippen LogP contribution in [0, 0.1) is 0 Å². The minimum absolute atomic E-state index is 0.263. The molecule has 3 amide bonds. The van der Waals surface area contributed by atoms with E-state index in [9.17, 15) is 9.59 Å². The fourth-order valence-electron chi connectivity index (χ4n) is 1.80. The normalized spacial score (nSPS) is 10.1. The number of benzene rings is 2. The fourth-order valence-corrected chi connectivity index (χ4v) is 2.21. The van der Waals surface area contributed by atoms with Crippen LogP contribution in [0.4, 0.5) is 4.79 Å². The largest absolute Gasteiger partial charge is 0.351 e. The lowest BCUT2D eigenvalue weighted by Gasteiger charge is -2.11. The Morgan fingerprint density at radius 2 is 1.65 bits per heavy atom. The van der Waals surface area contributed by atoms with Gasteiger partial charge in [0.25, 0.3) is 5.91 Å². The predicted molar refractivity (Wildman–Crippen MR) is 78.9 cm³/mol. The minimum Gasteiger partial charge on any atom is -0.351 e. The van der Waals surface area contributed by atoms with Crippen LogP contribution < -0.4 is 11.1 Å². The third kappa shape index (κ3) is 3.10. The van der Waals surface area contributed by atoms with Crippen LogP contribution in [-0.4, -0.2) is 11.9 Å². The number of imide groups is 1. The Bertz CT molecular complexity index is 669. The molecule has 0 saturated heterocycles. The van der Waals surface area contributed by atoms with Crippen molar-refractivity contribution in [2.45, 2.75) is 0 Å². The van der Waals surface area contributed by atoms with Gasteiger partial charge in [0.2, 0.25) is 0 Å². The Balaban J connectivity index is 2.54. The van der Waals surface area contributed by atoms with Crippen LogP contribution in [-0.2, 0) is 0 Å². The Hall–Kier alpha value is -2.04. The summed E-state index contributed by atoms with van der Waals surface area (Å²) in [4.78, 5) is 22.8. The van der Waals surface area contributed by atoms with Gasteiger partial charge in [-0.2, -0.15) is 0 Å². The second kappa shape index (κ2) is 5.94. The van der Waals surface area contributed by atoms with Crippen molar-refractivity contribution in [3.8, 4) is 11.1 Å². The van der Waals surface area contributed by atoms with Crippen LogP contribution in [0.15, 0.2) is 42.5 Å². The summed E-state index contributed by atoms with van der Waals surface area (Å²) in [6, 6.07) is 10.8. The number of rotatable bonds is 2. The number of carbonyl (C=O) groups excluding carboxylic acids is 2. The van der Waals surface area contributed by atoms with Gasteiger partial charge in [-0.15, -0.1) is 0 Å². The average Bonchev–Trinajstić information content (AvgIpc) is 2.39. The number of carbonyl (C=O) groups is 2. The van der Waals surface area contributed by atoms with Crippen molar-refractivity contribution in [3.63, 3.8) is 0 Å². The van der Waals surface area contributed by atoms with Crippen LogP contribution >= 0.6 is 23.2 Å². The second-order valence-corrected chi connectivity index (χ2v) is 4.83. The minimum atomic E-state index is -0.919. The summed E-state index contributed by atoms with van der Waals surface area (Å²) >= 11 is 12.0. The van der Waals surface area contributed by atoms with E-state index < -0.39 is 11.9 Å². The van der Waals surface area contributed by atoms with Crippen LogP contribution in [0.25, 0.3) is 11.1 Å². The van der Waals surface area contributed by atoms with Crippen LogP contribution in [0.1, 0.15) is 10.4 Å². The highest BCUT2D eigenvalue weighted by atomic mass is 35.5. The van der Waals surface area contributed by atoms with Gasteiger partial charge in [0.05, 0.1) is 0 Å². The lowest BCUT2D eigenvalue weighted by Crippen LogP contribution is -2.35. The molecule has 20 heavy (non-hydrogen) atoms. The first-order valence-corrected chi connectivity index (χ1v) is 6.40. The summed E-state index contributed by atoms with van der Waals surface area (Å²) < 4.78 is 0. The van der Waals surface area contributed by atoms with E-state index in [0.717, 1.165) is 5.56 Å². The van der Waals surface area contributed by atoms with E-state index in [1.165, 1.54) is 0 Å². The van der Waals surface area contributed by atoms with Crippen LogP contribution in [0.3, 0.4) is 0 Å². The van der Waals surface area contributed by atoms with Crippen molar-refractivity contribution >= 4 is 35.1 Å². The van der Waals surface area contributed by atoms with E-state index in [1.54, 1.807) is 42.5 Å². The molecule has 0 bridgehead atoms. The van der Waals surface area contributed by atoms with Crippen molar-refractivity contribution in [3.05, 3.63) is 58.1 Å². The fraction of sp³-hybridized carbons (Fsp3) is 0. The number of primary amides is 1. The molecule has 2 aromatic rings. The highest BCUT2D eigenvalue weighted by Crippen LogP contribution is 2.32. The Morgan fingerprint density at radius 1 is 1.00 bits per heavy atom. The lowest BCUT2D eigenvalue weighted by atomic mass is 9.99. The Labute approximate surface area is 125 Å². The predicted octanol–water partition coefficient (Wildman–Crippen LogP) is 3.47. The molecule has 4 nitrogen and oxygen atoms in total. The molecule has 102 valence electrons. The first-order chi connectivity index (χ1) is 9.49. The molecule has 2 aromatic carbocycles. The van der Waals surface area contributed by atoms with Crippen molar-refractivity contribution in [2.24, 2.45) is 5.73 Å². The van der Waals surface area contributed by atoms with Gasteiger partial charge in [-0.25, -0.2) is 4.79 Å². The molecule has 0 heterocycles. The average molecular weight is 309 g/mol. The summed E-state index contributed by atoms with van der Waals surface area (Å²) in [6.45, 7) is 0. The third-order valence-electron chi connectivity index (χ3n) is 2.63. The molecule has 0 spiro atoms. The van der Waals surface area contributed by atoms with E-state index in [4.69, 9.17) is 28.9 Å². The number of hydrogen-bond donors (Lipinski definition) is 2. The summed E-state index contributed by atoms with van der Waals surface area (Å²) in [5.74, 6) is -0.607. The van der Waals surface area contributed by atoms with Gasteiger partial charge in [-0.1, -0.05) is 41.4 Å². The van der Waals surface area contributed by atoms with E-state index >= 15 is 0 Å². The van der Waals surface area contributed by atoms with Crippen molar-refractivity contribution in [1.29, 1.82) is 0 Å². The number of amides is 3. The molecule has 0 aromatic heterocycles. The zero-order chi connectivity index (χ0) is 14.7. The quantitative estimate of drug-likeness (QED) is 0.891. The summed E-state index contributed by atoms with van der Waals surface area (Å²) in [6.07, 6.45) is 0. The van der Waals surface area contributed by atoms with Crippen LogP contribution in [0.5, 0.6) is 0 Å². The molecule has 0 atom stereocenters. The molecule has 0 aliphatic carbocycles. The van der Waals surface area contributed by atoms with E-state index in [0.29, 0.717) is 15.6 Å². The maximum Gasteiger partial charge on any atom is 0.319 e. The third-order valence-corrected chi connectivity index (χ3v) is 3.19. The molecule has 0 fully saturated rings. The number of nitrogens with two attached hydrogens (primary N) is 1. The van der Waals surface area contributed by atoms with Crippen molar-refractivity contribution in [1.82, 2.24) is 5.32 Å². The molecular weight excluding hydrogens is 299 g/mol. The maximum atomic E-state index is 12.0. The highest BCUT2D eigenvalue weighted by molar-refractivity contribution is 6.34. The van der Waals surface area contributed by atoms with Gasteiger partial charge in [0.1, 0.15) is 0 Å². The second-order valence-electron chi connectivity index (χ2n) is 3.99. The first kappa shape index (κ1) is 14.4. The summed E-state index contributed by atoms with van der Waals surface area (Å²) in [7, 11) is 0. The molecule has 0 aliphatic heterocycles. The number of urea groups is 1. The molecule has 2 rings (SSSR count). The van der Waals surface area contributed by atoms with Gasteiger partial charge < -0.3 is 5.73 Å². The number of halogens is 2. The maximum absolute atomic E-state index is 12.0. The highest BCUT2D eigenvalue weighted by Gasteiger charge is 2.16. The van der Waals surface area contributed by atoms with Gasteiger partial charge in [-0.3, -0.25) is 10.1 Å². The summed E-state index contributed by atoms with van der Waals surface area (Å²) in [5, 5.41) is 2.99. The number of hydrogen-bond acceptors (Lipinski definition) is 2. The summed E-state index contributed by atoms with van der Waals surface area (Å²) in [5.41, 5.74) is 6.45. The Morgan fingerprint density at radius 3 is 2.25 bits per heavy atom. The van der Waals surface area contributed by atoms with E-state index in [2.05, 4.69) is 0 Å². The van der Waals surface area contributed by atoms with E-state index in [-0.39, 0.29) is 5.56 Å². The topological polar surface area (TPSA) is 72.2 Å². The van der Waals surface area contributed by atoms with E-state index in [1.807, 2.05) is 5.32 Å². The standard InChI is InChI=1S/C14H10Cl2N2O2/c15-9-6-4-8(5-7-9)12-10(2-1-3-11(12)16)13(19)18-14(17)20/h1-7H,(H3,17,18,19,20). The zero-order valence-corrected chi connectivity index (χ0v) is 11.7. The monoisotopic (exact) mass is 308 g/mol. The smallest absolute Gasteiger partial charge is 0.319 e. The molecule has 0 unspecified atom stereocenters. The van der Waals surface area contributed by atoms with Crippen molar-refractivity contribution in [2.75, 3.05) is 0 Å². The molecule has 0 radical (unpaired) electrons. The first-order valence-electron chi connectivity index (χ1n) is 5.64. The molecular formula is C14H10Cl2N2O2. The Kier molecular flexibility index (Phi) is 4.27. The van der Waals surface area contributed by atoms with Gasteiger partial charge in [0, 0.05) is 21.2 Å². The molecule has 0 aliphatic rings. The molecule has 6 heteroatoms. The molecule has 3 N–H and O–H groups in total.